The normalized spacial score (nSPS) is 18.4. The monoisotopic (exact) mass is 502 g/mol. The van der Waals surface area contributed by atoms with Crippen molar-refractivity contribution < 1.29 is 4.21 Å². The Hall–Kier alpha value is -3.55. The van der Waals surface area contributed by atoms with Crippen LogP contribution in [0.25, 0.3) is 0 Å². The van der Waals surface area contributed by atoms with Crippen LogP contribution in [0.3, 0.4) is 0 Å². The third kappa shape index (κ3) is 5.03. The van der Waals surface area contributed by atoms with E-state index < -0.39 is 9.73 Å². The average Bonchev–Trinajstić information content (AvgIpc) is 3.19. The van der Waals surface area contributed by atoms with Crippen LogP contribution in [0.15, 0.2) is 40.9 Å². The molecule has 0 spiro atoms. The second-order valence-corrected chi connectivity index (χ2v) is 12.5. The Morgan fingerprint density at radius 2 is 1.97 bits per heavy atom. The zero-order chi connectivity index (χ0) is 25.4. The highest BCUT2D eigenvalue weighted by atomic mass is 32.2. The molecule has 2 unspecified atom stereocenters. The van der Waals surface area contributed by atoms with Crippen LogP contribution in [0.2, 0.25) is 0 Å². The summed E-state index contributed by atoms with van der Waals surface area (Å²) in [5.41, 5.74) is 5.60. The van der Waals surface area contributed by atoms with E-state index in [9.17, 15) is 9.47 Å². The molecule has 0 amide bonds. The second-order valence-electron chi connectivity index (χ2n) is 9.91. The summed E-state index contributed by atoms with van der Waals surface area (Å²) in [5.74, 6) is 2.14. The van der Waals surface area contributed by atoms with Crippen molar-refractivity contribution in [3.63, 3.8) is 0 Å². The fraction of sp³-hybridized carbons (Fsp3) is 0.385. The summed E-state index contributed by atoms with van der Waals surface area (Å²) < 4.78 is 16.2. The quantitative estimate of drug-likeness (QED) is 0.506. The van der Waals surface area contributed by atoms with Gasteiger partial charge in [-0.25, -0.2) is 14.2 Å². The fourth-order valence-electron chi connectivity index (χ4n) is 5.29. The maximum atomic E-state index is 12.0. The van der Waals surface area contributed by atoms with Gasteiger partial charge in [-0.15, -0.1) is 0 Å². The first-order valence-electron chi connectivity index (χ1n) is 12.0. The van der Waals surface area contributed by atoms with Crippen molar-refractivity contribution in [1.29, 1.82) is 5.26 Å². The van der Waals surface area contributed by atoms with E-state index in [0.717, 1.165) is 18.5 Å². The molecule has 0 aliphatic heterocycles. The Morgan fingerprint density at radius 3 is 2.72 bits per heavy atom. The summed E-state index contributed by atoms with van der Waals surface area (Å²) in [6.45, 7) is 0. The molecule has 2 aliphatic carbocycles. The lowest BCUT2D eigenvalue weighted by atomic mass is 9.82. The van der Waals surface area contributed by atoms with Crippen LogP contribution in [-0.2, 0) is 22.6 Å². The number of rotatable bonds is 6. The Labute approximate surface area is 212 Å². The number of pyridine rings is 1. The van der Waals surface area contributed by atoms with Gasteiger partial charge in [-0.1, -0.05) is 6.07 Å². The molecule has 10 heteroatoms. The molecule has 3 aromatic rings. The first-order chi connectivity index (χ1) is 17.2. The minimum Gasteiger partial charge on any atom is -0.324 e. The summed E-state index contributed by atoms with van der Waals surface area (Å²) in [6.07, 6.45) is 9.19. The van der Waals surface area contributed by atoms with E-state index in [-0.39, 0.29) is 0 Å². The maximum Gasteiger partial charge on any atom is 0.229 e. The van der Waals surface area contributed by atoms with Crippen LogP contribution in [-0.4, -0.2) is 56.7 Å². The summed E-state index contributed by atoms with van der Waals surface area (Å²) in [6, 6.07) is 12.3. The lowest BCUT2D eigenvalue weighted by Gasteiger charge is -2.30. The highest BCUT2D eigenvalue weighted by molar-refractivity contribution is 7.92. The third-order valence-electron chi connectivity index (χ3n) is 6.70. The van der Waals surface area contributed by atoms with Crippen molar-refractivity contribution in [2.75, 3.05) is 37.2 Å². The van der Waals surface area contributed by atoms with Crippen LogP contribution in [0.1, 0.15) is 41.0 Å². The van der Waals surface area contributed by atoms with Crippen LogP contribution in [0.4, 0.5) is 29.1 Å². The van der Waals surface area contributed by atoms with Crippen molar-refractivity contribution in [2.45, 2.75) is 37.6 Å². The highest BCUT2D eigenvalue weighted by Crippen LogP contribution is 2.45. The molecule has 2 atom stereocenters. The molecule has 0 saturated carbocycles. The first kappa shape index (κ1) is 24.2. The second kappa shape index (κ2) is 9.48. The van der Waals surface area contributed by atoms with E-state index in [0.29, 0.717) is 40.9 Å². The summed E-state index contributed by atoms with van der Waals surface area (Å²) >= 11 is 0. The Balaban J connectivity index is 1.43. The van der Waals surface area contributed by atoms with Crippen molar-refractivity contribution in [2.24, 2.45) is 4.36 Å². The van der Waals surface area contributed by atoms with Crippen LogP contribution >= 0.6 is 0 Å². The molecule has 2 N–H and O–H groups in total. The summed E-state index contributed by atoms with van der Waals surface area (Å²) in [5, 5.41) is 16.0. The van der Waals surface area contributed by atoms with E-state index in [1.165, 1.54) is 35.7 Å². The lowest BCUT2D eigenvalue weighted by molar-refractivity contribution is 0.254. The molecular formula is C26H30N8OS. The Bertz CT molecular complexity index is 1480. The summed E-state index contributed by atoms with van der Waals surface area (Å²) in [7, 11) is 2.00. The van der Waals surface area contributed by atoms with Gasteiger partial charge in [-0.2, -0.15) is 14.6 Å². The largest absolute Gasteiger partial charge is 0.324 e. The smallest absolute Gasteiger partial charge is 0.229 e. The SMILES string of the molecule is CN(C)C1Cc2cc(Nc3ncc(C#N)c(Nc4cccc(N=S(C)(C)=O)n4)n3)cc3c2C1CCC3. The zero-order valence-corrected chi connectivity index (χ0v) is 21.8. The number of likely N-dealkylation sites (N-methyl/N-ethyl adjacent to an activating group) is 1. The van der Waals surface area contributed by atoms with Gasteiger partial charge in [-0.3, -0.25) is 0 Å². The standard InChI is InChI=1S/C26H30N8OS/c1-34(2)21-13-17-12-19(11-16-7-5-8-20(21)24(16)17)29-26-28-15-18(14-27)25(32-26)31-22-9-6-10-23(30-22)33-36(3,4)35/h6,9-12,15,20-21H,5,7-8,13H2,1-4H3,(H2,28,29,30,31,32). The van der Waals surface area contributed by atoms with Crippen LogP contribution in [0, 0.1) is 11.3 Å². The van der Waals surface area contributed by atoms with Gasteiger partial charge < -0.3 is 15.5 Å². The van der Waals surface area contributed by atoms with Gasteiger partial charge in [0.15, 0.2) is 11.6 Å². The molecule has 9 nitrogen and oxygen atoms in total. The van der Waals surface area contributed by atoms with Gasteiger partial charge in [0.2, 0.25) is 5.95 Å². The predicted molar refractivity (Wildman–Crippen MR) is 143 cm³/mol. The molecule has 1 aromatic carbocycles. The molecule has 2 aliphatic rings. The number of anilines is 4. The molecule has 0 radical (unpaired) electrons. The van der Waals surface area contributed by atoms with Crippen molar-refractivity contribution in [1.82, 2.24) is 19.9 Å². The Morgan fingerprint density at radius 1 is 1.17 bits per heavy atom. The number of nitrogens with zero attached hydrogens (tertiary/aromatic N) is 6. The molecule has 5 rings (SSSR count). The zero-order valence-electron chi connectivity index (χ0n) is 20.9. The van der Waals surface area contributed by atoms with Gasteiger partial charge in [0.05, 0.1) is 6.20 Å². The van der Waals surface area contributed by atoms with E-state index in [1.807, 2.05) is 0 Å². The lowest BCUT2D eigenvalue weighted by Crippen LogP contribution is -2.32. The molecule has 36 heavy (non-hydrogen) atoms. The molecular weight excluding hydrogens is 472 g/mol. The topological polar surface area (TPSA) is 119 Å². The summed E-state index contributed by atoms with van der Waals surface area (Å²) in [4.78, 5) is 15.7. The van der Waals surface area contributed by atoms with Gasteiger partial charge >= 0.3 is 0 Å². The predicted octanol–water partition coefficient (Wildman–Crippen LogP) is 4.50. The fourth-order valence-corrected chi connectivity index (χ4v) is 5.85. The number of hydrogen-bond donors (Lipinski definition) is 2. The number of aromatic nitrogens is 3. The minimum atomic E-state index is -2.34. The molecule has 0 fully saturated rings. The first-order valence-corrected chi connectivity index (χ1v) is 14.3. The average molecular weight is 503 g/mol. The van der Waals surface area contributed by atoms with Crippen molar-refractivity contribution in [3.8, 4) is 6.07 Å². The number of hydrogen-bond acceptors (Lipinski definition) is 9. The number of aryl methyl sites for hydroxylation is 1. The molecule has 0 bridgehead atoms. The van der Waals surface area contributed by atoms with Gasteiger partial charge in [0.1, 0.15) is 17.5 Å². The third-order valence-corrected chi connectivity index (χ3v) is 7.33. The van der Waals surface area contributed by atoms with Gasteiger partial charge in [0, 0.05) is 39.9 Å². The van der Waals surface area contributed by atoms with E-state index in [4.69, 9.17) is 0 Å². The van der Waals surface area contributed by atoms with Crippen LogP contribution < -0.4 is 10.6 Å². The van der Waals surface area contributed by atoms with Crippen LogP contribution in [0.5, 0.6) is 0 Å². The van der Waals surface area contributed by atoms with E-state index in [2.05, 4.69) is 67.1 Å². The van der Waals surface area contributed by atoms with Crippen molar-refractivity contribution in [3.05, 3.63) is 58.8 Å². The molecule has 2 aromatic heterocycles. The van der Waals surface area contributed by atoms with E-state index >= 15 is 0 Å². The van der Waals surface area contributed by atoms with Gasteiger partial charge in [-0.05, 0) is 80.7 Å². The maximum absolute atomic E-state index is 12.0. The minimum absolute atomic E-state index is 0.292. The van der Waals surface area contributed by atoms with E-state index in [1.54, 1.807) is 30.7 Å². The number of nitriles is 1. The molecule has 186 valence electrons. The molecule has 0 saturated heterocycles. The Kier molecular flexibility index (Phi) is 6.36. The van der Waals surface area contributed by atoms with Crippen molar-refractivity contribution >= 4 is 38.8 Å². The number of nitrogens with one attached hydrogen (secondary N) is 2. The highest BCUT2D eigenvalue weighted by Gasteiger charge is 2.37. The van der Waals surface area contributed by atoms with Gasteiger partial charge in [0.25, 0.3) is 0 Å². The molecule has 2 heterocycles. The number of benzene rings is 1.